The summed E-state index contributed by atoms with van der Waals surface area (Å²) < 4.78 is 1.66. The van der Waals surface area contributed by atoms with E-state index in [1.54, 1.807) is 21.1 Å². The van der Waals surface area contributed by atoms with E-state index in [0.717, 1.165) is 10.3 Å². The number of rotatable bonds is 6. The first-order chi connectivity index (χ1) is 12.5. The molecule has 1 aromatic carbocycles. The Morgan fingerprint density at radius 3 is 1.00 bits per heavy atom. The van der Waals surface area contributed by atoms with Crippen molar-refractivity contribution in [1.29, 1.82) is 0 Å². The van der Waals surface area contributed by atoms with E-state index in [9.17, 15) is 0 Å². The van der Waals surface area contributed by atoms with E-state index >= 15 is 0 Å². The Morgan fingerprint density at radius 2 is 0.828 bits per heavy atom. The molecule has 3 radical (unpaired) electrons. The van der Waals surface area contributed by atoms with Crippen molar-refractivity contribution < 1.29 is 0 Å². The van der Waals surface area contributed by atoms with Crippen molar-refractivity contribution in [1.82, 2.24) is 0 Å². The fourth-order valence-electron chi connectivity index (χ4n) is 6.04. The third-order valence-corrected chi connectivity index (χ3v) is 25.9. The van der Waals surface area contributed by atoms with Crippen LogP contribution in [0.4, 0.5) is 0 Å². The van der Waals surface area contributed by atoms with Crippen molar-refractivity contribution in [2.75, 3.05) is 0 Å². The molecule has 0 spiro atoms. The zero-order chi connectivity index (χ0) is 23.4. The van der Waals surface area contributed by atoms with E-state index < -0.39 is 32.3 Å². The van der Waals surface area contributed by atoms with Gasteiger partial charge in [-0.25, -0.2) is 0 Å². The zero-order valence-electron chi connectivity index (χ0n) is 22.3. The third kappa shape index (κ3) is 6.80. The van der Waals surface area contributed by atoms with E-state index in [1.165, 1.54) is 0 Å². The van der Waals surface area contributed by atoms with E-state index in [2.05, 4.69) is 128 Å². The second-order valence-corrected chi connectivity index (χ2v) is 38.1. The average Bonchev–Trinajstić information content (AvgIpc) is 2.35. The molecule has 0 bridgehead atoms. The van der Waals surface area contributed by atoms with Gasteiger partial charge in [-0.3, -0.25) is 0 Å². The van der Waals surface area contributed by atoms with Gasteiger partial charge in [0.15, 0.2) is 0 Å². The molecule has 0 fully saturated rings. The van der Waals surface area contributed by atoms with Crippen LogP contribution in [-0.4, -0.2) is 48.8 Å². The standard InChI is InChI=1S/C24H49GeSi4/c1-24(2,3)18-16-19(22(26(4,5)6)27(7,8)9)21(25)20(17-18)23(28(10,11)12)29(13,14)15/h16-17,22-23H,1-15H3. The molecule has 0 amide bonds. The molecule has 5 heteroatoms. The van der Waals surface area contributed by atoms with Crippen LogP contribution >= 0.6 is 0 Å². The van der Waals surface area contributed by atoms with Crippen molar-refractivity contribution in [2.24, 2.45) is 0 Å². The van der Waals surface area contributed by atoms with Crippen LogP contribution in [-0.2, 0) is 5.41 Å². The zero-order valence-corrected chi connectivity index (χ0v) is 28.4. The fourth-order valence-corrected chi connectivity index (χ4v) is 33.6. The maximum absolute atomic E-state index is 2.64. The SMILES string of the molecule is CC(C)(C)c1cc(C([Si](C)(C)C)[Si](C)(C)C)[c]([Ge])c(C([Si](C)(C)C)[Si](C)(C)C)c1. The summed E-state index contributed by atoms with van der Waals surface area (Å²) in [6.45, 7) is 38.5. The van der Waals surface area contributed by atoms with Crippen LogP contribution in [0, 0.1) is 0 Å². The Balaban J connectivity index is 4.07. The predicted octanol–water partition coefficient (Wildman–Crippen LogP) is 7.45. The van der Waals surface area contributed by atoms with Crippen LogP contribution in [0.2, 0.25) is 78.6 Å². The molecule has 0 N–H and O–H groups in total. The molecule has 0 heterocycles. The van der Waals surface area contributed by atoms with Gasteiger partial charge in [-0.2, -0.15) is 0 Å². The predicted molar refractivity (Wildman–Crippen MR) is 149 cm³/mol. The van der Waals surface area contributed by atoms with Gasteiger partial charge in [-0.1, -0.05) is 0 Å². The second-order valence-electron chi connectivity index (χ2n) is 14.6. The van der Waals surface area contributed by atoms with Gasteiger partial charge in [0.2, 0.25) is 0 Å². The first kappa shape index (κ1) is 27.7. The summed E-state index contributed by atoms with van der Waals surface area (Å²) in [7, 11) is -5.37. The van der Waals surface area contributed by atoms with Crippen molar-refractivity contribution in [3.8, 4) is 0 Å². The Labute approximate surface area is 196 Å². The molecule has 0 saturated heterocycles. The minimum absolute atomic E-state index is 0.198. The molecule has 0 aliphatic carbocycles. The summed E-state index contributed by atoms with van der Waals surface area (Å²) >= 11 is 2.48. The monoisotopic (exact) mass is 523 g/mol. The molecule has 0 nitrogen and oxygen atoms in total. The summed E-state index contributed by atoms with van der Waals surface area (Å²) in [4.78, 5) is 0. The molecule has 0 atom stereocenters. The van der Waals surface area contributed by atoms with Crippen LogP contribution in [0.5, 0.6) is 0 Å². The summed E-state index contributed by atoms with van der Waals surface area (Å²) in [5.74, 6) is 0. The van der Waals surface area contributed by atoms with Gasteiger partial charge in [-0.05, 0) is 0 Å². The summed E-state index contributed by atoms with van der Waals surface area (Å²) in [6.07, 6.45) is 0. The van der Waals surface area contributed by atoms with Crippen molar-refractivity contribution in [3.05, 3.63) is 28.8 Å². The van der Waals surface area contributed by atoms with Crippen molar-refractivity contribution in [2.45, 2.75) is 115 Å². The molecule has 0 aliphatic rings. The molecule has 0 saturated carbocycles. The van der Waals surface area contributed by atoms with Gasteiger partial charge in [0.1, 0.15) is 0 Å². The molecule has 1 rings (SSSR count). The summed E-state index contributed by atoms with van der Waals surface area (Å²) in [5, 5.41) is 1.61. The number of hydrogen-bond donors (Lipinski definition) is 0. The summed E-state index contributed by atoms with van der Waals surface area (Å²) in [6, 6.07) is 5.29. The quantitative estimate of drug-likeness (QED) is 0.340. The van der Waals surface area contributed by atoms with E-state index in [4.69, 9.17) is 0 Å². The summed E-state index contributed by atoms with van der Waals surface area (Å²) in [5.41, 5.74) is 5.22. The Kier molecular flexibility index (Phi) is 8.13. The van der Waals surface area contributed by atoms with E-state index in [1.807, 2.05) is 0 Å². The van der Waals surface area contributed by atoms with Gasteiger partial charge >= 0.3 is 197 Å². The van der Waals surface area contributed by atoms with Crippen LogP contribution in [0.3, 0.4) is 0 Å². The Morgan fingerprint density at radius 1 is 0.586 bits per heavy atom. The average molecular weight is 523 g/mol. The molecule has 0 aliphatic heterocycles. The van der Waals surface area contributed by atoms with Gasteiger partial charge in [0, 0.05) is 0 Å². The fraction of sp³-hybridized carbons (Fsp3) is 0.750. The Bertz CT molecular complexity index is 639. The van der Waals surface area contributed by atoms with Gasteiger partial charge in [-0.15, -0.1) is 0 Å². The normalized spacial score (nSPS) is 14.8. The molecule has 0 unspecified atom stereocenters. The minimum atomic E-state index is -1.34. The van der Waals surface area contributed by atoms with Gasteiger partial charge in [0.05, 0.1) is 0 Å². The molecule has 165 valence electrons. The van der Waals surface area contributed by atoms with E-state index in [-0.39, 0.29) is 5.41 Å². The first-order valence-corrected chi connectivity index (χ1v) is 26.7. The molecule has 1 aromatic rings. The number of hydrogen-bond acceptors (Lipinski definition) is 0. The van der Waals surface area contributed by atoms with Crippen molar-refractivity contribution >= 4 is 53.2 Å². The van der Waals surface area contributed by atoms with E-state index in [0.29, 0.717) is 0 Å². The molecular formula is C24H49GeSi4. The molecule has 0 aromatic heterocycles. The molecule has 29 heavy (non-hydrogen) atoms. The van der Waals surface area contributed by atoms with Gasteiger partial charge in [0.25, 0.3) is 0 Å². The van der Waals surface area contributed by atoms with Crippen LogP contribution in [0.25, 0.3) is 0 Å². The van der Waals surface area contributed by atoms with Gasteiger partial charge < -0.3 is 0 Å². The second kappa shape index (κ2) is 8.53. The topological polar surface area (TPSA) is 0 Å². The number of benzene rings is 1. The van der Waals surface area contributed by atoms with Crippen LogP contribution < -0.4 is 4.40 Å². The van der Waals surface area contributed by atoms with Crippen LogP contribution in [0.15, 0.2) is 12.1 Å². The van der Waals surface area contributed by atoms with Crippen molar-refractivity contribution in [3.63, 3.8) is 0 Å². The third-order valence-electron chi connectivity index (χ3n) is 6.15. The first-order valence-electron chi connectivity index (χ1n) is 11.4. The molecular weight excluding hydrogens is 473 g/mol. The maximum atomic E-state index is 2.64. The Hall–Kier alpha value is 0.630. The van der Waals surface area contributed by atoms with Crippen LogP contribution in [0.1, 0.15) is 47.8 Å².